The van der Waals surface area contributed by atoms with Gasteiger partial charge in [-0.25, -0.2) is 9.36 Å². The molecule has 5 nitrogen and oxygen atoms in total. The van der Waals surface area contributed by atoms with Crippen molar-refractivity contribution in [3.8, 4) is 0 Å². The van der Waals surface area contributed by atoms with Gasteiger partial charge in [0.05, 0.1) is 19.7 Å². The largest absolute Gasteiger partial charge is 1.00 e. The van der Waals surface area contributed by atoms with Gasteiger partial charge in [0.1, 0.15) is 12.4 Å². The predicted molar refractivity (Wildman–Crippen MR) is 62.6 cm³/mol. The first-order valence-electron chi connectivity index (χ1n) is 5.97. The van der Waals surface area contributed by atoms with E-state index in [1.54, 1.807) is 24.2 Å². The van der Waals surface area contributed by atoms with Crippen LogP contribution in [0, 0.1) is 5.92 Å². The maximum atomic E-state index is 12.2. The van der Waals surface area contributed by atoms with Crippen LogP contribution in [0.5, 0.6) is 0 Å². The Balaban J connectivity index is 0.00000162. The molecule has 0 aliphatic carbocycles. The molecule has 1 aliphatic heterocycles. The normalized spacial score (nSPS) is 23.6. The summed E-state index contributed by atoms with van der Waals surface area (Å²) >= 11 is 0. The molecule has 1 aromatic heterocycles. The number of likely N-dealkylation sites (tertiary alicyclic amines) is 1. The number of amides is 1. The van der Waals surface area contributed by atoms with E-state index in [0.717, 1.165) is 13.0 Å². The van der Waals surface area contributed by atoms with E-state index < -0.39 is 0 Å². The molecular weight excluding hydrogens is 345 g/mol. The Hall–Kier alpha value is -0.630. The fourth-order valence-corrected chi connectivity index (χ4v) is 2.24. The average molecular weight is 365 g/mol. The standard InChI is InChI=1S/C12H20N3O2.HI/c1-10-4-5-14(8-11(10)17-3)12(16)15-7-6-13(2)9-15;/h6-7,9-11H,4-5,8H2,1-3H3;1H/q+1;/p-1. The number of halogens is 1. The number of carbonyl (C=O) groups excluding carboxylic acids is 1. The Bertz CT molecular complexity index is 408. The van der Waals surface area contributed by atoms with Gasteiger partial charge in [0.2, 0.25) is 0 Å². The molecular formula is C12H20IN3O2. The van der Waals surface area contributed by atoms with Gasteiger partial charge < -0.3 is 33.6 Å². The van der Waals surface area contributed by atoms with Crippen molar-refractivity contribution in [3.63, 3.8) is 0 Å². The Morgan fingerprint density at radius 1 is 1.50 bits per heavy atom. The summed E-state index contributed by atoms with van der Waals surface area (Å²) in [6, 6.07) is 0.0274. The highest BCUT2D eigenvalue weighted by Gasteiger charge is 2.31. The van der Waals surface area contributed by atoms with Gasteiger partial charge in [-0.1, -0.05) is 6.92 Å². The van der Waals surface area contributed by atoms with Crippen LogP contribution in [0.3, 0.4) is 0 Å². The highest BCUT2D eigenvalue weighted by Crippen LogP contribution is 2.19. The molecule has 0 aromatic carbocycles. The minimum Gasteiger partial charge on any atom is -1.00 e. The zero-order chi connectivity index (χ0) is 12.4. The first-order valence-corrected chi connectivity index (χ1v) is 5.97. The lowest BCUT2D eigenvalue weighted by molar-refractivity contribution is -0.670. The van der Waals surface area contributed by atoms with Crippen LogP contribution in [0.4, 0.5) is 4.79 Å². The van der Waals surface area contributed by atoms with Crippen molar-refractivity contribution >= 4 is 6.03 Å². The van der Waals surface area contributed by atoms with Crippen LogP contribution >= 0.6 is 0 Å². The summed E-state index contributed by atoms with van der Waals surface area (Å²) in [4.78, 5) is 14.1. The van der Waals surface area contributed by atoms with E-state index in [0.29, 0.717) is 12.5 Å². The van der Waals surface area contributed by atoms with Crippen LogP contribution in [0.15, 0.2) is 18.7 Å². The number of imidazole rings is 1. The van der Waals surface area contributed by atoms with E-state index in [-0.39, 0.29) is 36.1 Å². The SMILES string of the molecule is COC1CN(C(=O)n2cc[n+](C)c2)CCC1C.[I-]. The number of methoxy groups -OCH3 is 1. The fraction of sp³-hybridized carbons (Fsp3) is 0.667. The van der Waals surface area contributed by atoms with Crippen molar-refractivity contribution in [1.82, 2.24) is 9.47 Å². The predicted octanol–water partition coefficient (Wildman–Crippen LogP) is -2.36. The van der Waals surface area contributed by atoms with E-state index in [1.807, 2.05) is 22.7 Å². The number of ether oxygens (including phenoxy) is 1. The van der Waals surface area contributed by atoms with E-state index in [1.165, 1.54) is 0 Å². The second kappa shape index (κ2) is 6.51. The molecule has 0 spiro atoms. The van der Waals surface area contributed by atoms with Crippen LogP contribution in [0.2, 0.25) is 0 Å². The van der Waals surface area contributed by atoms with E-state index in [4.69, 9.17) is 4.74 Å². The molecule has 0 saturated carbocycles. The Morgan fingerprint density at radius 3 is 2.78 bits per heavy atom. The fourth-order valence-electron chi connectivity index (χ4n) is 2.24. The summed E-state index contributed by atoms with van der Waals surface area (Å²) in [5.41, 5.74) is 0. The van der Waals surface area contributed by atoms with Crippen molar-refractivity contribution in [3.05, 3.63) is 18.7 Å². The third kappa shape index (κ3) is 3.23. The molecule has 102 valence electrons. The van der Waals surface area contributed by atoms with E-state index in [9.17, 15) is 4.79 Å². The average Bonchev–Trinajstić information content (AvgIpc) is 2.75. The first-order chi connectivity index (χ1) is 8.11. The van der Waals surface area contributed by atoms with Gasteiger partial charge in [0, 0.05) is 13.7 Å². The summed E-state index contributed by atoms with van der Waals surface area (Å²) in [6.07, 6.45) is 6.57. The van der Waals surface area contributed by atoms with Gasteiger partial charge in [-0.15, -0.1) is 0 Å². The Kier molecular flexibility index (Phi) is 5.58. The smallest absolute Gasteiger partial charge is 0.415 e. The number of carbonyl (C=O) groups is 1. The number of hydrogen-bond acceptors (Lipinski definition) is 2. The summed E-state index contributed by atoms with van der Waals surface area (Å²) in [5, 5.41) is 0. The van der Waals surface area contributed by atoms with Gasteiger partial charge in [-0.05, 0) is 12.3 Å². The molecule has 1 amide bonds. The third-order valence-corrected chi connectivity index (χ3v) is 3.45. The second-order valence-electron chi connectivity index (χ2n) is 4.76. The number of nitrogens with zero attached hydrogens (tertiary/aromatic N) is 3. The van der Waals surface area contributed by atoms with E-state index in [2.05, 4.69) is 6.92 Å². The molecule has 2 unspecified atom stereocenters. The molecule has 1 saturated heterocycles. The minimum atomic E-state index is 0. The van der Waals surface area contributed by atoms with Gasteiger partial charge in [0.25, 0.3) is 6.33 Å². The zero-order valence-electron chi connectivity index (χ0n) is 11.0. The molecule has 2 heterocycles. The molecule has 0 bridgehead atoms. The molecule has 18 heavy (non-hydrogen) atoms. The maximum Gasteiger partial charge on any atom is 0.415 e. The number of piperidine rings is 1. The molecule has 6 heteroatoms. The highest BCUT2D eigenvalue weighted by molar-refractivity contribution is 5.76. The number of aromatic nitrogens is 2. The zero-order valence-corrected chi connectivity index (χ0v) is 13.2. The van der Waals surface area contributed by atoms with Crippen molar-refractivity contribution < 1.29 is 38.1 Å². The summed E-state index contributed by atoms with van der Waals surface area (Å²) in [5.74, 6) is 0.518. The lowest BCUT2D eigenvalue weighted by atomic mass is 9.96. The van der Waals surface area contributed by atoms with Crippen LogP contribution in [0.1, 0.15) is 13.3 Å². The molecule has 0 radical (unpaired) electrons. The van der Waals surface area contributed by atoms with Crippen LogP contribution in [0.25, 0.3) is 0 Å². The molecule has 0 N–H and O–H groups in total. The second-order valence-corrected chi connectivity index (χ2v) is 4.76. The van der Waals surface area contributed by atoms with Gasteiger partial charge in [0.15, 0.2) is 0 Å². The van der Waals surface area contributed by atoms with Crippen molar-refractivity contribution in [2.24, 2.45) is 13.0 Å². The third-order valence-electron chi connectivity index (χ3n) is 3.45. The van der Waals surface area contributed by atoms with Crippen molar-refractivity contribution in [2.45, 2.75) is 19.4 Å². The van der Waals surface area contributed by atoms with Crippen LogP contribution in [-0.4, -0.2) is 41.8 Å². The van der Waals surface area contributed by atoms with E-state index >= 15 is 0 Å². The van der Waals surface area contributed by atoms with Gasteiger partial charge in [-0.2, -0.15) is 4.57 Å². The molecule has 1 fully saturated rings. The molecule has 1 aromatic rings. The van der Waals surface area contributed by atoms with Crippen LogP contribution < -0.4 is 28.5 Å². The van der Waals surface area contributed by atoms with Crippen molar-refractivity contribution in [1.29, 1.82) is 0 Å². The number of rotatable bonds is 1. The van der Waals surface area contributed by atoms with Gasteiger partial charge >= 0.3 is 6.03 Å². The summed E-state index contributed by atoms with van der Waals surface area (Å²) < 4.78 is 8.89. The van der Waals surface area contributed by atoms with Crippen molar-refractivity contribution in [2.75, 3.05) is 20.2 Å². The Labute approximate surface area is 125 Å². The van der Waals surface area contributed by atoms with Crippen LogP contribution in [-0.2, 0) is 11.8 Å². The Morgan fingerprint density at radius 2 is 2.22 bits per heavy atom. The minimum absolute atomic E-state index is 0. The monoisotopic (exact) mass is 365 g/mol. The number of aryl methyl sites for hydroxylation is 1. The molecule has 1 aliphatic rings. The first kappa shape index (κ1) is 15.4. The highest BCUT2D eigenvalue weighted by atomic mass is 127. The lowest BCUT2D eigenvalue weighted by Gasteiger charge is -2.34. The summed E-state index contributed by atoms with van der Waals surface area (Å²) in [6.45, 7) is 3.66. The topological polar surface area (TPSA) is 38.4 Å². The maximum absolute atomic E-state index is 12.2. The van der Waals surface area contributed by atoms with Gasteiger partial charge in [-0.3, -0.25) is 0 Å². The quantitative estimate of drug-likeness (QED) is 0.413. The summed E-state index contributed by atoms with van der Waals surface area (Å²) in [7, 11) is 3.62. The lowest BCUT2D eigenvalue weighted by Crippen LogP contribution is -3.00. The molecule has 2 atom stereocenters. The number of hydrogen-bond donors (Lipinski definition) is 0. The molecule has 2 rings (SSSR count).